The van der Waals surface area contributed by atoms with Crippen LogP contribution in [0.15, 0.2) is 60.7 Å². The van der Waals surface area contributed by atoms with Gasteiger partial charge in [0.15, 0.2) is 0 Å². The number of rotatable bonds is 6. The third kappa shape index (κ3) is 3.47. The van der Waals surface area contributed by atoms with Gasteiger partial charge in [0.25, 0.3) is 5.54 Å². The summed E-state index contributed by atoms with van der Waals surface area (Å²) in [5.74, 6) is 0. The maximum atomic E-state index is 11.5. The molecule has 2 aromatic rings. The Morgan fingerprint density at radius 2 is 1.62 bits per heavy atom. The van der Waals surface area contributed by atoms with Crippen LogP contribution in [0.3, 0.4) is 0 Å². The molecule has 110 valence electrons. The van der Waals surface area contributed by atoms with E-state index in [-0.39, 0.29) is 17.5 Å². The maximum Gasteiger partial charge on any atom is 0.256 e. The Kier molecular flexibility index (Phi) is 4.70. The quantitative estimate of drug-likeness (QED) is 0.652. The Morgan fingerprint density at radius 1 is 1.10 bits per heavy atom. The van der Waals surface area contributed by atoms with Gasteiger partial charge in [-0.05, 0) is 12.5 Å². The number of nitrogens with one attached hydrogen (secondary N) is 1. The minimum atomic E-state index is -1.13. The van der Waals surface area contributed by atoms with Crippen LogP contribution in [0.5, 0.6) is 0 Å². The molecule has 0 aliphatic heterocycles. The van der Waals surface area contributed by atoms with Crippen LogP contribution in [0.2, 0.25) is 0 Å². The van der Waals surface area contributed by atoms with Crippen molar-refractivity contribution in [3.63, 3.8) is 0 Å². The lowest BCUT2D eigenvalue weighted by molar-refractivity contribution is -0.572. The van der Waals surface area contributed by atoms with Crippen molar-refractivity contribution in [2.24, 2.45) is 0 Å². The molecule has 2 aromatic carbocycles. The second-order valence-electron chi connectivity index (χ2n) is 5.41. The number of hydrogen-bond donors (Lipinski definition) is 1. The molecule has 4 heteroatoms. The molecular weight excluding hydrogens is 264 g/mol. The van der Waals surface area contributed by atoms with E-state index in [9.17, 15) is 10.1 Å². The van der Waals surface area contributed by atoms with Gasteiger partial charge < -0.3 is 5.32 Å². The molecule has 0 saturated carbocycles. The van der Waals surface area contributed by atoms with E-state index in [1.807, 2.05) is 55.5 Å². The van der Waals surface area contributed by atoms with Crippen molar-refractivity contribution in [1.82, 2.24) is 5.32 Å². The summed E-state index contributed by atoms with van der Waals surface area (Å²) < 4.78 is 0. The summed E-state index contributed by atoms with van der Waals surface area (Å²) in [5, 5.41) is 14.8. The summed E-state index contributed by atoms with van der Waals surface area (Å²) in [6, 6.07) is 19.1. The molecule has 0 aliphatic rings. The Balaban J connectivity index is 2.13. The minimum Gasteiger partial charge on any atom is -0.303 e. The first-order valence-corrected chi connectivity index (χ1v) is 7.02. The van der Waals surface area contributed by atoms with Gasteiger partial charge in [-0.1, -0.05) is 60.7 Å². The van der Waals surface area contributed by atoms with E-state index >= 15 is 0 Å². The lowest BCUT2D eigenvalue weighted by Crippen LogP contribution is -2.42. The number of benzene rings is 2. The molecule has 1 unspecified atom stereocenters. The van der Waals surface area contributed by atoms with Gasteiger partial charge in [-0.3, -0.25) is 10.1 Å². The Hall–Kier alpha value is -2.20. The molecule has 4 nitrogen and oxygen atoms in total. The van der Waals surface area contributed by atoms with Crippen molar-refractivity contribution in [2.75, 3.05) is 6.54 Å². The third-order valence-electron chi connectivity index (χ3n) is 3.85. The van der Waals surface area contributed by atoms with E-state index in [2.05, 4.69) is 5.32 Å². The smallest absolute Gasteiger partial charge is 0.256 e. The molecule has 2 atom stereocenters. The second kappa shape index (κ2) is 6.50. The highest BCUT2D eigenvalue weighted by Crippen LogP contribution is 2.24. The van der Waals surface area contributed by atoms with Gasteiger partial charge in [0.1, 0.15) is 0 Å². The number of nitrogens with zero attached hydrogens (tertiary/aromatic N) is 1. The first-order valence-electron chi connectivity index (χ1n) is 7.02. The zero-order valence-corrected chi connectivity index (χ0v) is 12.3. The predicted molar refractivity (Wildman–Crippen MR) is 83.6 cm³/mol. The Morgan fingerprint density at radius 3 is 2.14 bits per heavy atom. The highest BCUT2D eigenvalue weighted by Gasteiger charge is 2.39. The lowest BCUT2D eigenvalue weighted by atomic mass is 9.92. The van der Waals surface area contributed by atoms with Crippen molar-refractivity contribution < 1.29 is 4.92 Å². The molecule has 0 heterocycles. The first kappa shape index (κ1) is 15.2. The van der Waals surface area contributed by atoms with Crippen molar-refractivity contribution in [2.45, 2.75) is 25.4 Å². The normalized spacial score (nSPS) is 15.1. The van der Waals surface area contributed by atoms with E-state index in [0.717, 1.165) is 5.56 Å². The fourth-order valence-corrected chi connectivity index (χ4v) is 2.28. The topological polar surface area (TPSA) is 55.2 Å². The van der Waals surface area contributed by atoms with E-state index in [0.29, 0.717) is 5.56 Å². The minimum absolute atomic E-state index is 0.0641. The molecule has 1 N–H and O–H groups in total. The number of nitro groups is 1. The molecule has 0 bridgehead atoms. The summed E-state index contributed by atoms with van der Waals surface area (Å²) in [6.45, 7) is 3.95. The van der Waals surface area contributed by atoms with Crippen molar-refractivity contribution in [3.8, 4) is 0 Å². The monoisotopic (exact) mass is 284 g/mol. The van der Waals surface area contributed by atoms with E-state index in [1.165, 1.54) is 0 Å². The molecule has 0 fully saturated rings. The van der Waals surface area contributed by atoms with Crippen LogP contribution < -0.4 is 5.32 Å². The van der Waals surface area contributed by atoms with Gasteiger partial charge in [0.05, 0.1) is 6.54 Å². The zero-order valence-electron chi connectivity index (χ0n) is 12.3. The van der Waals surface area contributed by atoms with E-state index in [4.69, 9.17) is 0 Å². The summed E-state index contributed by atoms with van der Waals surface area (Å²) in [7, 11) is 0. The van der Waals surface area contributed by atoms with Gasteiger partial charge in [0.2, 0.25) is 0 Å². The predicted octanol–water partition coefficient (Wildman–Crippen LogP) is 3.53. The molecule has 0 amide bonds. The van der Waals surface area contributed by atoms with Gasteiger partial charge in [-0.25, -0.2) is 0 Å². The summed E-state index contributed by atoms with van der Waals surface area (Å²) >= 11 is 0. The van der Waals surface area contributed by atoms with Crippen LogP contribution in [0, 0.1) is 10.1 Å². The molecule has 0 saturated heterocycles. The maximum absolute atomic E-state index is 11.5. The Bertz CT molecular complexity index is 586. The van der Waals surface area contributed by atoms with Gasteiger partial charge in [-0.2, -0.15) is 0 Å². The second-order valence-corrected chi connectivity index (χ2v) is 5.41. The molecule has 21 heavy (non-hydrogen) atoms. The van der Waals surface area contributed by atoms with Crippen LogP contribution in [-0.2, 0) is 5.54 Å². The molecule has 2 rings (SSSR count). The van der Waals surface area contributed by atoms with Crippen molar-refractivity contribution in [1.29, 1.82) is 0 Å². The van der Waals surface area contributed by atoms with E-state index < -0.39 is 5.54 Å². The van der Waals surface area contributed by atoms with Crippen LogP contribution in [0.25, 0.3) is 0 Å². The van der Waals surface area contributed by atoms with E-state index in [1.54, 1.807) is 19.1 Å². The molecule has 0 aromatic heterocycles. The first-order chi connectivity index (χ1) is 10.0. The van der Waals surface area contributed by atoms with Gasteiger partial charge in [-0.15, -0.1) is 0 Å². The molecule has 0 radical (unpaired) electrons. The van der Waals surface area contributed by atoms with Gasteiger partial charge >= 0.3 is 0 Å². The SMILES string of the molecule is C[C@H](NCC(C)(c1ccccc1)[N+](=O)[O-])c1ccccc1. The summed E-state index contributed by atoms with van der Waals surface area (Å²) in [6.07, 6.45) is 0. The Labute approximate surface area is 125 Å². The number of hydrogen-bond acceptors (Lipinski definition) is 3. The molecular formula is C17H20N2O2. The van der Waals surface area contributed by atoms with Crippen LogP contribution >= 0.6 is 0 Å². The third-order valence-corrected chi connectivity index (χ3v) is 3.85. The molecule has 0 spiro atoms. The van der Waals surface area contributed by atoms with Crippen molar-refractivity contribution >= 4 is 0 Å². The zero-order chi connectivity index (χ0) is 15.3. The largest absolute Gasteiger partial charge is 0.303 e. The van der Waals surface area contributed by atoms with Crippen LogP contribution in [0.4, 0.5) is 0 Å². The average Bonchev–Trinajstić information content (AvgIpc) is 2.53. The van der Waals surface area contributed by atoms with Crippen molar-refractivity contribution in [3.05, 3.63) is 81.9 Å². The van der Waals surface area contributed by atoms with Crippen LogP contribution in [-0.4, -0.2) is 11.5 Å². The average molecular weight is 284 g/mol. The standard InChI is InChI=1S/C17H20N2O2/c1-14(15-9-5-3-6-10-15)18-13-17(2,19(20)21)16-11-7-4-8-12-16/h3-12,14,18H,13H2,1-2H3/t14-,17?/m0/s1. The highest BCUT2D eigenvalue weighted by atomic mass is 16.6. The van der Waals surface area contributed by atoms with Gasteiger partial charge in [0, 0.05) is 23.5 Å². The summed E-state index contributed by atoms with van der Waals surface area (Å²) in [4.78, 5) is 11.3. The summed E-state index contributed by atoms with van der Waals surface area (Å²) in [5.41, 5.74) is 0.698. The fraction of sp³-hybridized carbons (Fsp3) is 0.294. The molecule has 0 aliphatic carbocycles. The highest BCUT2D eigenvalue weighted by molar-refractivity contribution is 5.23. The lowest BCUT2D eigenvalue weighted by Gasteiger charge is -2.24. The fourth-order valence-electron chi connectivity index (χ4n) is 2.28. The van der Waals surface area contributed by atoms with Crippen LogP contribution in [0.1, 0.15) is 31.0 Å².